The normalized spacial score (nSPS) is 39.2. The smallest absolute Gasteiger partial charge is 0.246 e. The van der Waals surface area contributed by atoms with Gasteiger partial charge in [-0.2, -0.15) is 0 Å². The highest BCUT2D eigenvalue weighted by Gasteiger charge is 2.77. The van der Waals surface area contributed by atoms with Crippen molar-refractivity contribution in [2.75, 3.05) is 0 Å². The van der Waals surface area contributed by atoms with Gasteiger partial charge in [-0.1, -0.05) is 37.8 Å². The molecule has 7 heteroatoms. The molecule has 5 atom stereocenters. The summed E-state index contributed by atoms with van der Waals surface area (Å²) in [6.45, 7) is 7.73. The second-order valence-corrected chi connectivity index (χ2v) is 11.7. The van der Waals surface area contributed by atoms with Crippen LogP contribution < -0.4 is 10.6 Å². The SMILES string of the molecule is CC(C)(C)N1C(=O)[C@@H]2[C@H](C(=O)NC3CCCC3)[C@@]3(C)C=C[C@]2(O3)[C@H]1C(=O)NC1CCCC1. The molecule has 2 N–H and O–H groups in total. The summed E-state index contributed by atoms with van der Waals surface area (Å²) in [4.78, 5) is 42.8. The van der Waals surface area contributed by atoms with Gasteiger partial charge in [0.2, 0.25) is 17.7 Å². The Bertz CT molecular complexity index is 852. The quantitative estimate of drug-likeness (QED) is 0.654. The third-order valence-electron chi connectivity index (χ3n) is 8.35. The van der Waals surface area contributed by atoms with Gasteiger partial charge in [-0.25, -0.2) is 0 Å². The molecule has 3 heterocycles. The third kappa shape index (κ3) is 3.14. The highest BCUT2D eigenvalue weighted by Crippen LogP contribution is 2.60. The maximum atomic E-state index is 13.9. The molecule has 176 valence electrons. The Morgan fingerprint density at radius 2 is 1.50 bits per heavy atom. The van der Waals surface area contributed by atoms with Gasteiger partial charge in [0.25, 0.3) is 0 Å². The number of likely N-dealkylation sites (tertiary alicyclic amines) is 1. The maximum absolute atomic E-state index is 13.9. The number of carbonyl (C=O) groups excluding carboxylic acids is 3. The summed E-state index contributed by atoms with van der Waals surface area (Å²) in [6.07, 6.45) is 12.2. The number of hydrogen-bond acceptors (Lipinski definition) is 4. The zero-order chi connectivity index (χ0) is 22.9. The van der Waals surface area contributed by atoms with Gasteiger partial charge in [0.15, 0.2) is 0 Å². The summed E-state index contributed by atoms with van der Waals surface area (Å²) in [5.74, 6) is -1.74. The number of rotatable bonds is 4. The second-order valence-electron chi connectivity index (χ2n) is 11.7. The van der Waals surface area contributed by atoms with Crippen molar-refractivity contribution in [1.29, 1.82) is 0 Å². The van der Waals surface area contributed by atoms with Crippen LogP contribution in [0.5, 0.6) is 0 Å². The van der Waals surface area contributed by atoms with E-state index in [4.69, 9.17) is 4.74 Å². The summed E-state index contributed by atoms with van der Waals surface area (Å²) in [7, 11) is 0. The third-order valence-corrected chi connectivity index (χ3v) is 8.35. The lowest BCUT2D eigenvalue weighted by Crippen LogP contribution is -2.60. The molecule has 2 saturated carbocycles. The highest BCUT2D eigenvalue weighted by molar-refractivity contribution is 6.00. The summed E-state index contributed by atoms with van der Waals surface area (Å²) in [5, 5.41) is 6.39. The topological polar surface area (TPSA) is 87.7 Å². The zero-order valence-corrected chi connectivity index (χ0v) is 19.8. The van der Waals surface area contributed by atoms with Crippen LogP contribution in [0.3, 0.4) is 0 Å². The lowest BCUT2D eigenvalue weighted by molar-refractivity contribution is -0.150. The minimum absolute atomic E-state index is 0.116. The Balaban J connectivity index is 1.50. The summed E-state index contributed by atoms with van der Waals surface area (Å²) >= 11 is 0. The van der Waals surface area contributed by atoms with E-state index in [1.165, 1.54) is 0 Å². The molecule has 2 aliphatic carbocycles. The number of amides is 3. The molecule has 7 nitrogen and oxygen atoms in total. The molecule has 1 spiro atoms. The van der Waals surface area contributed by atoms with Crippen molar-refractivity contribution in [3.8, 4) is 0 Å². The fourth-order valence-corrected chi connectivity index (χ4v) is 6.96. The van der Waals surface area contributed by atoms with E-state index < -0.39 is 34.6 Å². The van der Waals surface area contributed by atoms with Crippen LogP contribution in [0.2, 0.25) is 0 Å². The molecule has 0 aromatic rings. The molecule has 3 amide bonds. The minimum atomic E-state index is -1.10. The van der Waals surface area contributed by atoms with Gasteiger partial charge in [0, 0.05) is 17.6 Å². The van der Waals surface area contributed by atoms with Gasteiger partial charge in [-0.3, -0.25) is 14.4 Å². The van der Waals surface area contributed by atoms with E-state index in [0.29, 0.717) is 0 Å². The first kappa shape index (κ1) is 21.9. The molecule has 5 rings (SSSR count). The minimum Gasteiger partial charge on any atom is -0.356 e. The van der Waals surface area contributed by atoms with Crippen molar-refractivity contribution in [1.82, 2.24) is 15.5 Å². The van der Waals surface area contributed by atoms with Crippen molar-refractivity contribution in [2.24, 2.45) is 11.8 Å². The Hall–Kier alpha value is -1.89. The lowest BCUT2D eigenvalue weighted by atomic mass is 9.70. The Morgan fingerprint density at radius 1 is 0.969 bits per heavy atom. The van der Waals surface area contributed by atoms with Crippen molar-refractivity contribution < 1.29 is 19.1 Å². The number of nitrogens with one attached hydrogen (secondary N) is 2. The van der Waals surface area contributed by atoms with Gasteiger partial charge in [-0.05, 0) is 53.4 Å². The number of hydrogen-bond donors (Lipinski definition) is 2. The molecule has 3 aliphatic heterocycles. The molecular weight excluding hydrogens is 406 g/mol. The van der Waals surface area contributed by atoms with Gasteiger partial charge in [0.1, 0.15) is 11.6 Å². The number of carbonyl (C=O) groups is 3. The van der Waals surface area contributed by atoms with E-state index in [1.807, 2.05) is 39.8 Å². The Labute approximate surface area is 190 Å². The molecule has 4 fully saturated rings. The monoisotopic (exact) mass is 443 g/mol. The number of fused-ring (bicyclic) bond motifs is 1. The van der Waals surface area contributed by atoms with E-state index in [1.54, 1.807) is 4.90 Å². The van der Waals surface area contributed by atoms with E-state index in [0.717, 1.165) is 51.4 Å². The average molecular weight is 444 g/mol. The fourth-order valence-electron chi connectivity index (χ4n) is 6.96. The predicted molar refractivity (Wildman–Crippen MR) is 120 cm³/mol. The Morgan fingerprint density at radius 3 is 2.03 bits per heavy atom. The number of nitrogens with zero attached hydrogens (tertiary/aromatic N) is 1. The molecule has 2 bridgehead atoms. The van der Waals surface area contributed by atoms with Crippen molar-refractivity contribution >= 4 is 17.7 Å². The predicted octanol–water partition coefficient (Wildman–Crippen LogP) is 2.44. The summed E-state index contributed by atoms with van der Waals surface area (Å²) < 4.78 is 6.57. The first-order valence-corrected chi connectivity index (χ1v) is 12.4. The average Bonchev–Trinajstić information content (AvgIpc) is 3.48. The van der Waals surface area contributed by atoms with Crippen LogP contribution in [0.1, 0.15) is 79.1 Å². The van der Waals surface area contributed by atoms with Crippen molar-refractivity contribution in [3.05, 3.63) is 12.2 Å². The molecule has 5 aliphatic rings. The molecule has 2 saturated heterocycles. The summed E-state index contributed by atoms with van der Waals surface area (Å²) in [6, 6.07) is -0.459. The van der Waals surface area contributed by atoms with E-state index in [-0.39, 0.29) is 29.8 Å². The first-order chi connectivity index (χ1) is 15.1. The summed E-state index contributed by atoms with van der Waals surface area (Å²) in [5.41, 5.74) is -2.55. The largest absolute Gasteiger partial charge is 0.356 e. The highest BCUT2D eigenvalue weighted by atomic mass is 16.5. The van der Waals surface area contributed by atoms with E-state index >= 15 is 0 Å². The molecular formula is C25H37N3O4. The van der Waals surface area contributed by atoms with Crippen LogP contribution in [0, 0.1) is 11.8 Å². The maximum Gasteiger partial charge on any atom is 0.246 e. The van der Waals surface area contributed by atoms with Crippen LogP contribution in [-0.2, 0) is 19.1 Å². The van der Waals surface area contributed by atoms with Gasteiger partial charge in [0.05, 0.1) is 17.4 Å². The van der Waals surface area contributed by atoms with Crippen molar-refractivity contribution in [3.63, 3.8) is 0 Å². The molecule has 0 unspecified atom stereocenters. The molecule has 0 radical (unpaired) electrons. The molecule has 0 aromatic heterocycles. The first-order valence-electron chi connectivity index (χ1n) is 12.4. The van der Waals surface area contributed by atoms with E-state index in [9.17, 15) is 14.4 Å². The van der Waals surface area contributed by atoms with Gasteiger partial charge < -0.3 is 20.3 Å². The van der Waals surface area contributed by atoms with E-state index in [2.05, 4.69) is 10.6 Å². The standard InChI is InChI=1S/C25H37N3O4/c1-23(2,3)28-19(21(30)27-16-11-7-8-12-16)25-14-13-24(4,32-25)17(18(25)22(28)31)20(29)26-15-9-5-6-10-15/h13-19H,5-12H2,1-4H3,(H,26,29)(H,27,30)/t17-,18+,19-,24-,25-/m1/s1. The molecule has 32 heavy (non-hydrogen) atoms. The zero-order valence-electron chi connectivity index (χ0n) is 19.8. The van der Waals surface area contributed by atoms with Gasteiger partial charge in [-0.15, -0.1) is 0 Å². The fraction of sp³-hybridized carbons (Fsp3) is 0.800. The second kappa shape index (κ2) is 7.31. The van der Waals surface area contributed by atoms with Crippen LogP contribution in [0.25, 0.3) is 0 Å². The Kier molecular flexibility index (Phi) is 5.01. The van der Waals surface area contributed by atoms with Crippen LogP contribution in [0.15, 0.2) is 12.2 Å². The lowest BCUT2D eigenvalue weighted by Gasteiger charge is -2.40. The van der Waals surface area contributed by atoms with Crippen LogP contribution >= 0.6 is 0 Å². The van der Waals surface area contributed by atoms with Gasteiger partial charge >= 0.3 is 0 Å². The molecule has 0 aromatic carbocycles. The van der Waals surface area contributed by atoms with Crippen LogP contribution in [-0.4, -0.2) is 57.5 Å². The number of ether oxygens (including phenoxy) is 1. The van der Waals surface area contributed by atoms with Crippen molar-refractivity contribution in [2.45, 2.75) is 114 Å². The van der Waals surface area contributed by atoms with Crippen LogP contribution in [0.4, 0.5) is 0 Å².